The van der Waals surface area contributed by atoms with Crippen LogP contribution in [0.1, 0.15) is 16.1 Å². The lowest BCUT2D eigenvalue weighted by Crippen LogP contribution is -2.11. The quantitative estimate of drug-likeness (QED) is 0.465. The van der Waals surface area contributed by atoms with Crippen LogP contribution in [0.15, 0.2) is 42.5 Å². The minimum Gasteiger partial charge on any atom is -0.495 e. The van der Waals surface area contributed by atoms with Crippen molar-refractivity contribution in [2.75, 3.05) is 12.4 Å². The van der Waals surface area contributed by atoms with Gasteiger partial charge in [-0.1, -0.05) is 28.4 Å². The van der Waals surface area contributed by atoms with E-state index in [0.717, 1.165) is 22.9 Å². The molecule has 0 aliphatic carbocycles. The Morgan fingerprint density at radius 2 is 1.93 bits per heavy atom. The Kier molecular flexibility index (Phi) is 5.67. The molecule has 2 aromatic carbocycles. The summed E-state index contributed by atoms with van der Waals surface area (Å²) in [5, 5.41) is 12.5. The molecule has 0 unspecified atom stereocenters. The van der Waals surface area contributed by atoms with Gasteiger partial charge < -0.3 is 4.74 Å². The molecule has 0 saturated carbocycles. The second-order valence-corrected chi connectivity index (χ2v) is 7.73. The standard InChI is InChI=1S/C19H14Cl2N6O2S/c1-10-16(24-26-27(10)13-7-8-15(29-2)14(21)9-13)17-22-19(30-25-17)23-18(28)11-3-5-12(20)6-4-11/h3-9H,1-2H3,(H,22,23,25,28). The van der Waals surface area contributed by atoms with Crippen molar-refractivity contribution in [1.29, 1.82) is 0 Å². The van der Waals surface area contributed by atoms with Crippen molar-refractivity contribution in [2.45, 2.75) is 6.92 Å². The van der Waals surface area contributed by atoms with E-state index in [2.05, 4.69) is 25.0 Å². The van der Waals surface area contributed by atoms with Gasteiger partial charge in [-0.2, -0.15) is 9.36 Å². The van der Waals surface area contributed by atoms with Gasteiger partial charge in [0, 0.05) is 22.1 Å². The third-order valence-corrected chi connectivity index (χ3v) is 5.42. The smallest absolute Gasteiger partial charge is 0.257 e. The van der Waals surface area contributed by atoms with Crippen LogP contribution in [-0.2, 0) is 0 Å². The van der Waals surface area contributed by atoms with Crippen LogP contribution in [0.2, 0.25) is 10.0 Å². The Morgan fingerprint density at radius 3 is 2.63 bits per heavy atom. The van der Waals surface area contributed by atoms with Gasteiger partial charge in [-0.25, -0.2) is 4.68 Å². The van der Waals surface area contributed by atoms with Crippen molar-refractivity contribution in [3.8, 4) is 23.0 Å². The topological polar surface area (TPSA) is 94.8 Å². The Balaban J connectivity index is 1.56. The lowest BCUT2D eigenvalue weighted by molar-refractivity contribution is 0.102. The zero-order valence-corrected chi connectivity index (χ0v) is 18.1. The van der Waals surface area contributed by atoms with E-state index in [1.54, 1.807) is 48.2 Å². The summed E-state index contributed by atoms with van der Waals surface area (Å²) in [7, 11) is 1.55. The summed E-state index contributed by atoms with van der Waals surface area (Å²) in [5.74, 6) is 0.637. The number of halogens is 2. The van der Waals surface area contributed by atoms with Gasteiger partial charge in [-0.05, 0) is 49.4 Å². The van der Waals surface area contributed by atoms with Crippen LogP contribution in [0.25, 0.3) is 17.2 Å². The van der Waals surface area contributed by atoms with Gasteiger partial charge >= 0.3 is 0 Å². The van der Waals surface area contributed by atoms with E-state index < -0.39 is 0 Å². The highest BCUT2D eigenvalue weighted by molar-refractivity contribution is 7.10. The molecule has 0 aliphatic rings. The van der Waals surface area contributed by atoms with Crippen LogP contribution in [0.5, 0.6) is 5.75 Å². The van der Waals surface area contributed by atoms with Gasteiger partial charge in [-0.3, -0.25) is 10.1 Å². The summed E-state index contributed by atoms with van der Waals surface area (Å²) in [6.45, 7) is 1.85. The maximum atomic E-state index is 12.3. The largest absolute Gasteiger partial charge is 0.495 e. The highest BCUT2D eigenvalue weighted by atomic mass is 35.5. The molecule has 0 atom stereocenters. The first-order valence-corrected chi connectivity index (χ1v) is 10.2. The van der Waals surface area contributed by atoms with E-state index in [1.807, 2.05) is 13.0 Å². The molecule has 0 bridgehead atoms. The Bertz CT molecular complexity index is 1220. The second-order valence-electron chi connectivity index (χ2n) is 6.14. The highest BCUT2D eigenvalue weighted by Gasteiger charge is 2.18. The van der Waals surface area contributed by atoms with Crippen LogP contribution >= 0.6 is 34.7 Å². The zero-order valence-electron chi connectivity index (χ0n) is 15.8. The molecular formula is C19H14Cl2N6O2S. The number of hydrogen-bond donors (Lipinski definition) is 1. The number of amides is 1. The molecule has 0 spiro atoms. The maximum absolute atomic E-state index is 12.3. The first-order valence-electron chi connectivity index (χ1n) is 8.63. The van der Waals surface area contributed by atoms with Gasteiger partial charge in [-0.15, -0.1) is 5.10 Å². The fourth-order valence-corrected chi connectivity index (χ4v) is 3.65. The Labute approximate surface area is 185 Å². The van der Waals surface area contributed by atoms with Crippen LogP contribution in [0, 0.1) is 6.92 Å². The summed E-state index contributed by atoms with van der Waals surface area (Å²) in [6.07, 6.45) is 0. The van der Waals surface area contributed by atoms with E-state index in [-0.39, 0.29) is 5.91 Å². The second kappa shape index (κ2) is 8.39. The summed E-state index contributed by atoms with van der Waals surface area (Å²) in [4.78, 5) is 16.7. The number of rotatable bonds is 5. The molecule has 152 valence electrons. The lowest BCUT2D eigenvalue weighted by Gasteiger charge is -2.07. The predicted molar refractivity (Wildman–Crippen MR) is 116 cm³/mol. The lowest BCUT2D eigenvalue weighted by atomic mass is 10.2. The molecule has 4 rings (SSSR count). The molecule has 0 fully saturated rings. The summed E-state index contributed by atoms with van der Waals surface area (Å²) in [6, 6.07) is 11.9. The van der Waals surface area contributed by atoms with Gasteiger partial charge in [0.1, 0.15) is 5.75 Å². The molecule has 0 radical (unpaired) electrons. The van der Waals surface area contributed by atoms with E-state index in [9.17, 15) is 4.79 Å². The average molecular weight is 461 g/mol. The number of methoxy groups -OCH3 is 1. The van der Waals surface area contributed by atoms with Crippen molar-refractivity contribution in [1.82, 2.24) is 24.4 Å². The molecule has 0 saturated heterocycles. The first-order chi connectivity index (χ1) is 14.5. The van der Waals surface area contributed by atoms with E-state index in [0.29, 0.717) is 38.0 Å². The number of ether oxygens (including phenoxy) is 1. The van der Waals surface area contributed by atoms with E-state index in [1.165, 1.54) is 0 Å². The number of nitrogens with one attached hydrogen (secondary N) is 1. The summed E-state index contributed by atoms with van der Waals surface area (Å²) < 4.78 is 11.1. The van der Waals surface area contributed by atoms with Crippen LogP contribution in [0.3, 0.4) is 0 Å². The first kappa shape index (κ1) is 20.3. The van der Waals surface area contributed by atoms with Gasteiger partial charge in [0.05, 0.1) is 23.5 Å². The number of hydrogen-bond acceptors (Lipinski definition) is 7. The SMILES string of the molecule is COc1ccc(-n2nnc(-c3nsc(NC(=O)c4ccc(Cl)cc4)n3)c2C)cc1Cl. The summed E-state index contributed by atoms with van der Waals surface area (Å²) >= 11 is 13.1. The number of benzene rings is 2. The van der Waals surface area contributed by atoms with Crippen molar-refractivity contribution >= 4 is 45.8 Å². The molecule has 0 aliphatic heterocycles. The van der Waals surface area contributed by atoms with Gasteiger partial charge in [0.25, 0.3) is 5.91 Å². The molecule has 11 heteroatoms. The predicted octanol–water partition coefficient (Wildman–Crippen LogP) is 4.66. The van der Waals surface area contributed by atoms with Crippen molar-refractivity contribution in [3.63, 3.8) is 0 Å². The number of aromatic nitrogens is 5. The highest BCUT2D eigenvalue weighted by Crippen LogP contribution is 2.29. The number of nitrogens with zero attached hydrogens (tertiary/aromatic N) is 5. The van der Waals surface area contributed by atoms with E-state index >= 15 is 0 Å². The van der Waals surface area contributed by atoms with Crippen molar-refractivity contribution in [2.24, 2.45) is 0 Å². The molecular weight excluding hydrogens is 447 g/mol. The minimum absolute atomic E-state index is 0.303. The van der Waals surface area contributed by atoms with Crippen LogP contribution in [-0.4, -0.2) is 37.4 Å². The molecule has 2 heterocycles. The zero-order chi connectivity index (χ0) is 21.3. The summed E-state index contributed by atoms with van der Waals surface area (Å²) in [5.41, 5.74) is 2.42. The number of carbonyl (C=O) groups is 1. The number of anilines is 1. The fraction of sp³-hybridized carbons (Fsp3) is 0.105. The molecule has 1 amide bonds. The van der Waals surface area contributed by atoms with Crippen molar-refractivity contribution in [3.05, 3.63) is 63.8 Å². The van der Waals surface area contributed by atoms with Gasteiger partial charge in [0.2, 0.25) is 5.13 Å². The Morgan fingerprint density at radius 1 is 1.17 bits per heavy atom. The normalized spacial score (nSPS) is 10.8. The van der Waals surface area contributed by atoms with E-state index in [4.69, 9.17) is 27.9 Å². The van der Waals surface area contributed by atoms with Gasteiger partial charge in [0.15, 0.2) is 11.5 Å². The van der Waals surface area contributed by atoms with Crippen LogP contribution in [0.4, 0.5) is 5.13 Å². The molecule has 4 aromatic rings. The van der Waals surface area contributed by atoms with Crippen molar-refractivity contribution < 1.29 is 9.53 Å². The molecule has 8 nitrogen and oxygen atoms in total. The molecule has 1 N–H and O–H groups in total. The molecule has 30 heavy (non-hydrogen) atoms. The fourth-order valence-electron chi connectivity index (χ4n) is 2.71. The Hall–Kier alpha value is -3.01. The number of carbonyl (C=O) groups excluding carboxylic acids is 1. The third kappa shape index (κ3) is 4.00. The third-order valence-electron chi connectivity index (χ3n) is 4.24. The maximum Gasteiger partial charge on any atom is 0.257 e. The molecule has 2 aromatic heterocycles. The van der Waals surface area contributed by atoms with Crippen LogP contribution < -0.4 is 10.1 Å². The minimum atomic E-state index is -0.303. The monoisotopic (exact) mass is 460 g/mol. The average Bonchev–Trinajstić information content (AvgIpc) is 3.34.